The van der Waals surface area contributed by atoms with Crippen molar-refractivity contribution in [2.45, 2.75) is 123 Å². The Morgan fingerprint density at radius 1 is 0.815 bits per heavy atom. The van der Waals surface area contributed by atoms with E-state index in [2.05, 4.69) is 16.0 Å². The normalized spacial score (nSPS) is 19.6. The van der Waals surface area contributed by atoms with Crippen molar-refractivity contribution in [2.24, 2.45) is 29.6 Å². The first kappa shape index (κ1) is 46.6. The summed E-state index contributed by atoms with van der Waals surface area (Å²) in [7, 11) is 8.05. The highest BCUT2D eigenvalue weighted by molar-refractivity contribution is 5.90. The summed E-state index contributed by atoms with van der Waals surface area (Å²) in [6.45, 7) is 15.8. The van der Waals surface area contributed by atoms with Crippen molar-refractivity contribution in [1.29, 1.82) is 0 Å². The van der Waals surface area contributed by atoms with Crippen LogP contribution in [0.1, 0.15) is 80.2 Å². The summed E-state index contributed by atoms with van der Waals surface area (Å²) in [5, 5.41) is 9.03. The number of ether oxygens (including phenoxy) is 3. The molecule has 4 amide bonds. The van der Waals surface area contributed by atoms with Crippen LogP contribution in [-0.4, -0.2) is 124 Å². The number of nitrogens with zero attached hydrogens (tertiary/aromatic N) is 2. The average Bonchev–Trinajstić information content (AvgIpc) is 3.61. The lowest BCUT2D eigenvalue weighted by molar-refractivity contribution is -0.149. The molecule has 54 heavy (non-hydrogen) atoms. The first-order valence-electron chi connectivity index (χ1n) is 19.5. The predicted molar refractivity (Wildman–Crippen MR) is 209 cm³/mol. The molecule has 1 aromatic carbocycles. The zero-order valence-corrected chi connectivity index (χ0v) is 35.0. The van der Waals surface area contributed by atoms with Gasteiger partial charge in [-0.05, 0) is 50.3 Å². The summed E-state index contributed by atoms with van der Waals surface area (Å²) in [5.41, 5.74) is 0.874. The quantitative estimate of drug-likeness (QED) is 0.160. The van der Waals surface area contributed by atoms with Gasteiger partial charge in [-0.1, -0.05) is 92.1 Å². The van der Waals surface area contributed by atoms with Crippen LogP contribution in [0.5, 0.6) is 0 Å². The number of hydrogen-bond acceptors (Lipinski definition) is 9. The minimum atomic E-state index is -0.894. The molecule has 306 valence electrons. The maximum absolute atomic E-state index is 14.4. The molecule has 13 heteroatoms. The summed E-state index contributed by atoms with van der Waals surface area (Å²) in [6.07, 6.45) is 0.980. The highest BCUT2D eigenvalue weighted by Crippen LogP contribution is 2.30. The van der Waals surface area contributed by atoms with Gasteiger partial charge in [0, 0.05) is 27.2 Å². The molecule has 13 nitrogen and oxygen atoms in total. The second-order valence-corrected chi connectivity index (χ2v) is 15.8. The second kappa shape index (κ2) is 22.1. The Morgan fingerprint density at radius 3 is 1.94 bits per heavy atom. The molecule has 1 saturated heterocycles. The molecule has 1 heterocycles. The van der Waals surface area contributed by atoms with Crippen LogP contribution in [0.15, 0.2) is 30.3 Å². The number of likely N-dealkylation sites (tertiary alicyclic amines) is 1. The average molecular weight is 760 g/mol. The molecule has 0 aliphatic carbocycles. The van der Waals surface area contributed by atoms with Crippen molar-refractivity contribution in [3.63, 3.8) is 0 Å². The topological polar surface area (TPSA) is 156 Å². The van der Waals surface area contributed by atoms with E-state index in [1.54, 1.807) is 18.9 Å². The SMILES string of the molecule is CC[C@H](C)[C@H](NC(=O)C(NC(=O)[C@H](C(C)C)N(C)C)C(C)C)[C@H](OC)[C@@H](C)C(=O)N1CCCC1[C@@H](OC)[C@H](C)C(=O)N[C@@H](Cc1ccccc1)C(=O)OC. The molecule has 0 aromatic heterocycles. The number of rotatable bonds is 21. The lowest BCUT2D eigenvalue weighted by atomic mass is 9.86. The standard InChI is InChI=1S/C41H69N5O8/c1-14-26(6)33(44-38(48)32(24(2)3)43-39(49)34(25(4)5)45(9)10)36(53-12)28(8)40(50)46-22-18-21-31(46)35(52-11)27(7)37(47)42-30(41(51)54-13)23-29-19-16-15-17-20-29/h15-17,19-20,24-28,30-36H,14,18,21-23H2,1-13H3,(H,42,47)(H,43,49)(H,44,48)/t26-,27-,28+,30-,31?,32?,33-,34-,35-,36+/m0/s1. The van der Waals surface area contributed by atoms with Crippen LogP contribution in [0.4, 0.5) is 0 Å². The summed E-state index contributed by atoms with van der Waals surface area (Å²) in [4.78, 5) is 71.7. The molecule has 1 fully saturated rings. The number of methoxy groups -OCH3 is 3. The fourth-order valence-corrected chi connectivity index (χ4v) is 7.77. The second-order valence-electron chi connectivity index (χ2n) is 15.8. The number of esters is 1. The number of likely N-dealkylation sites (N-methyl/N-ethyl adjacent to an activating group) is 1. The van der Waals surface area contributed by atoms with Gasteiger partial charge in [-0.2, -0.15) is 0 Å². The molecule has 2 unspecified atom stereocenters. The number of hydrogen-bond donors (Lipinski definition) is 3. The van der Waals surface area contributed by atoms with Crippen LogP contribution in [0.2, 0.25) is 0 Å². The molecule has 0 radical (unpaired) electrons. The van der Waals surface area contributed by atoms with Crippen LogP contribution in [0, 0.1) is 29.6 Å². The van der Waals surface area contributed by atoms with Gasteiger partial charge in [-0.3, -0.25) is 24.1 Å². The Hall–Kier alpha value is -3.55. The zero-order chi connectivity index (χ0) is 40.9. The molecular weight excluding hydrogens is 690 g/mol. The zero-order valence-electron chi connectivity index (χ0n) is 35.0. The van der Waals surface area contributed by atoms with E-state index < -0.39 is 60.2 Å². The molecule has 2 rings (SSSR count). The number of carbonyl (C=O) groups is 5. The molecule has 1 aromatic rings. The van der Waals surface area contributed by atoms with Gasteiger partial charge >= 0.3 is 5.97 Å². The van der Waals surface area contributed by atoms with Crippen LogP contribution < -0.4 is 16.0 Å². The lowest BCUT2D eigenvalue weighted by Gasteiger charge is -2.39. The van der Waals surface area contributed by atoms with Gasteiger partial charge < -0.3 is 35.1 Å². The maximum atomic E-state index is 14.4. The van der Waals surface area contributed by atoms with Gasteiger partial charge in [0.25, 0.3) is 0 Å². The number of benzene rings is 1. The number of nitrogens with one attached hydrogen (secondary N) is 3. The Bertz CT molecular complexity index is 1350. The van der Waals surface area contributed by atoms with Crippen molar-refractivity contribution >= 4 is 29.6 Å². The molecular formula is C41H69N5O8. The highest BCUT2D eigenvalue weighted by atomic mass is 16.5. The van der Waals surface area contributed by atoms with Crippen molar-refractivity contribution in [2.75, 3.05) is 42.0 Å². The summed E-state index contributed by atoms with van der Waals surface area (Å²) in [6, 6.07) is 6.34. The van der Waals surface area contributed by atoms with E-state index >= 15 is 0 Å². The van der Waals surface area contributed by atoms with Crippen molar-refractivity contribution in [3.8, 4) is 0 Å². The first-order chi connectivity index (χ1) is 25.4. The molecule has 1 aliphatic heterocycles. The minimum Gasteiger partial charge on any atom is -0.467 e. The van der Waals surface area contributed by atoms with Gasteiger partial charge in [-0.15, -0.1) is 0 Å². The van der Waals surface area contributed by atoms with Crippen LogP contribution in [0.25, 0.3) is 0 Å². The van der Waals surface area contributed by atoms with E-state index in [1.165, 1.54) is 14.2 Å². The number of carbonyl (C=O) groups excluding carboxylic acids is 5. The van der Waals surface area contributed by atoms with Crippen molar-refractivity contribution < 1.29 is 38.2 Å². The summed E-state index contributed by atoms with van der Waals surface area (Å²) < 4.78 is 17.0. The molecule has 1 aliphatic rings. The third kappa shape index (κ3) is 12.2. The van der Waals surface area contributed by atoms with Crippen LogP contribution in [0.3, 0.4) is 0 Å². The monoisotopic (exact) mass is 760 g/mol. The molecule has 10 atom stereocenters. The van der Waals surface area contributed by atoms with Gasteiger partial charge in [0.15, 0.2) is 0 Å². The summed E-state index contributed by atoms with van der Waals surface area (Å²) >= 11 is 0. The lowest BCUT2D eigenvalue weighted by Crippen LogP contribution is -2.60. The highest BCUT2D eigenvalue weighted by Gasteiger charge is 2.45. The first-order valence-corrected chi connectivity index (χ1v) is 19.5. The third-order valence-electron chi connectivity index (χ3n) is 11.0. The van der Waals surface area contributed by atoms with Gasteiger partial charge in [0.05, 0.1) is 49.3 Å². The van der Waals surface area contributed by atoms with Crippen molar-refractivity contribution in [3.05, 3.63) is 35.9 Å². The molecule has 0 bridgehead atoms. The van der Waals surface area contributed by atoms with E-state index in [9.17, 15) is 24.0 Å². The van der Waals surface area contributed by atoms with E-state index in [1.807, 2.05) is 97.8 Å². The maximum Gasteiger partial charge on any atom is 0.328 e. The van der Waals surface area contributed by atoms with Crippen LogP contribution in [-0.2, 0) is 44.6 Å². The predicted octanol–water partition coefficient (Wildman–Crippen LogP) is 3.44. The molecule has 0 spiro atoms. The summed E-state index contributed by atoms with van der Waals surface area (Å²) in [5.74, 6) is -3.25. The smallest absolute Gasteiger partial charge is 0.328 e. The van der Waals surface area contributed by atoms with E-state index in [-0.39, 0.29) is 47.8 Å². The number of amides is 4. The Balaban J connectivity index is 2.29. The largest absolute Gasteiger partial charge is 0.467 e. The third-order valence-corrected chi connectivity index (χ3v) is 11.0. The van der Waals surface area contributed by atoms with Gasteiger partial charge in [0.1, 0.15) is 12.1 Å². The van der Waals surface area contributed by atoms with Gasteiger partial charge in [-0.25, -0.2) is 4.79 Å². The van der Waals surface area contributed by atoms with Crippen LogP contribution >= 0.6 is 0 Å². The van der Waals surface area contributed by atoms with E-state index in [0.717, 1.165) is 12.0 Å². The van der Waals surface area contributed by atoms with Crippen molar-refractivity contribution in [1.82, 2.24) is 25.8 Å². The fourth-order valence-electron chi connectivity index (χ4n) is 7.77. The van der Waals surface area contributed by atoms with E-state index in [0.29, 0.717) is 19.4 Å². The minimum absolute atomic E-state index is 0.0365. The van der Waals surface area contributed by atoms with E-state index in [4.69, 9.17) is 14.2 Å². The molecule has 3 N–H and O–H groups in total. The van der Waals surface area contributed by atoms with Gasteiger partial charge in [0.2, 0.25) is 23.6 Å². The Kier molecular flexibility index (Phi) is 19.1. The Morgan fingerprint density at radius 2 is 1.44 bits per heavy atom. The Labute approximate surface area is 324 Å². The fraction of sp³-hybridized carbons (Fsp3) is 0.732. The molecule has 0 saturated carbocycles.